The van der Waals surface area contributed by atoms with Crippen LogP contribution in [0.15, 0.2) is 58.3 Å². The van der Waals surface area contributed by atoms with Gasteiger partial charge < -0.3 is 0 Å². The maximum atomic E-state index is 11.4. The van der Waals surface area contributed by atoms with E-state index in [1.807, 2.05) is 30.5 Å². The van der Waals surface area contributed by atoms with Gasteiger partial charge in [-0.1, -0.05) is 24.3 Å². The number of hydrogen-bond acceptors (Lipinski definition) is 3. The number of rotatable bonds is 3. The second-order valence-electron chi connectivity index (χ2n) is 4.03. The van der Waals surface area contributed by atoms with Gasteiger partial charge in [0.05, 0.1) is 4.90 Å². The second-order valence-corrected chi connectivity index (χ2v) is 6.92. The van der Waals surface area contributed by atoms with Gasteiger partial charge in [-0.25, -0.2) is 8.42 Å². The Morgan fingerprint density at radius 3 is 1.67 bits per heavy atom. The SMILES string of the molecule is CSc1ccc(-c2ccc(S(C)(=O)=O)cc2)cc1. The Bertz CT molecular complexity index is 626. The van der Waals surface area contributed by atoms with E-state index in [-0.39, 0.29) is 0 Å². The van der Waals surface area contributed by atoms with Gasteiger partial charge in [0.2, 0.25) is 0 Å². The van der Waals surface area contributed by atoms with Gasteiger partial charge in [0, 0.05) is 11.2 Å². The normalized spacial score (nSPS) is 11.4. The molecule has 0 aliphatic heterocycles. The van der Waals surface area contributed by atoms with Crippen LogP contribution in [-0.2, 0) is 9.84 Å². The lowest BCUT2D eigenvalue weighted by molar-refractivity contribution is 0.602. The minimum absolute atomic E-state index is 0.354. The quantitative estimate of drug-likeness (QED) is 0.806. The molecule has 0 aliphatic carbocycles. The molecule has 4 heteroatoms. The Balaban J connectivity index is 2.34. The fourth-order valence-electron chi connectivity index (χ4n) is 1.68. The molecule has 0 unspecified atom stereocenters. The number of sulfone groups is 1. The summed E-state index contributed by atoms with van der Waals surface area (Å²) in [5, 5.41) is 0. The molecule has 2 nitrogen and oxygen atoms in total. The first kappa shape index (κ1) is 13.2. The molecular weight excluding hydrogens is 264 g/mol. The summed E-state index contributed by atoms with van der Waals surface area (Å²) in [5.41, 5.74) is 2.11. The van der Waals surface area contributed by atoms with Crippen molar-refractivity contribution in [2.24, 2.45) is 0 Å². The largest absolute Gasteiger partial charge is 0.224 e. The smallest absolute Gasteiger partial charge is 0.175 e. The molecule has 0 atom stereocenters. The molecule has 0 aromatic heterocycles. The van der Waals surface area contributed by atoms with Crippen LogP contribution in [0.2, 0.25) is 0 Å². The third kappa shape index (κ3) is 2.94. The first-order chi connectivity index (χ1) is 8.50. The minimum atomic E-state index is -3.12. The standard InChI is InChI=1S/C14H14O2S2/c1-17-13-7-3-11(4-8-13)12-5-9-14(10-6-12)18(2,15)16/h3-10H,1-2H3. The molecule has 0 spiro atoms. The fraction of sp³-hybridized carbons (Fsp3) is 0.143. The van der Waals surface area contributed by atoms with Crippen LogP contribution >= 0.6 is 11.8 Å². The molecule has 0 fully saturated rings. The molecule has 0 amide bonds. The molecule has 18 heavy (non-hydrogen) atoms. The van der Waals surface area contributed by atoms with Crippen molar-refractivity contribution in [3.8, 4) is 11.1 Å². The highest BCUT2D eigenvalue weighted by atomic mass is 32.2. The number of benzene rings is 2. The van der Waals surface area contributed by atoms with Crippen LogP contribution in [0, 0.1) is 0 Å². The topological polar surface area (TPSA) is 34.1 Å². The van der Waals surface area contributed by atoms with Crippen LogP contribution in [0.1, 0.15) is 0 Å². The van der Waals surface area contributed by atoms with Crippen LogP contribution in [0.4, 0.5) is 0 Å². The van der Waals surface area contributed by atoms with E-state index in [4.69, 9.17) is 0 Å². The van der Waals surface area contributed by atoms with Crippen molar-refractivity contribution in [1.29, 1.82) is 0 Å². The molecule has 94 valence electrons. The van der Waals surface area contributed by atoms with Crippen molar-refractivity contribution in [3.63, 3.8) is 0 Å². The lowest BCUT2D eigenvalue weighted by Gasteiger charge is -2.04. The van der Waals surface area contributed by atoms with Crippen molar-refractivity contribution in [3.05, 3.63) is 48.5 Å². The summed E-state index contributed by atoms with van der Waals surface area (Å²) in [7, 11) is -3.12. The number of thioether (sulfide) groups is 1. The third-order valence-corrected chi connectivity index (χ3v) is 4.58. The molecule has 0 bridgehead atoms. The zero-order chi connectivity index (χ0) is 13.2. The van der Waals surface area contributed by atoms with Crippen LogP contribution in [-0.4, -0.2) is 20.9 Å². The first-order valence-corrected chi connectivity index (χ1v) is 8.57. The summed E-state index contributed by atoms with van der Waals surface area (Å²) >= 11 is 1.70. The highest BCUT2D eigenvalue weighted by molar-refractivity contribution is 7.98. The molecule has 0 N–H and O–H groups in total. The van der Waals surface area contributed by atoms with Gasteiger partial charge in [0.25, 0.3) is 0 Å². The molecule has 0 saturated heterocycles. The minimum Gasteiger partial charge on any atom is -0.224 e. The van der Waals surface area contributed by atoms with Gasteiger partial charge in [0.15, 0.2) is 9.84 Å². The van der Waals surface area contributed by atoms with Gasteiger partial charge in [-0.2, -0.15) is 0 Å². The fourth-order valence-corrected chi connectivity index (χ4v) is 2.72. The molecule has 2 aromatic carbocycles. The van der Waals surface area contributed by atoms with Gasteiger partial charge >= 0.3 is 0 Å². The predicted molar refractivity (Wildman–Crippen MR) is 76.8 cm³/mol. The molecule has 0 saturated carbocycles. The lowest BCUT2D eigenvalue weighted by Crippen LogP contribution is -1.96. The first-order valence-electron chi connectivity index (χ1n) is 5.45. The van der Waals surface area contributed by atoms with Crippen molar-refractivity contribution in [2.75, 3.05) is 12.5 Å². The Hall–Kier alpha value is -1.26. The lowest BCUT2D eigenvalue weighted by atomic mass is 10.1. The summed E-state index contributed by atoms with van der Waals surface area (Å²) in [6.07, 6.45) is 3.26. The van der Waals surface area contributed by atoms with E-state index < -0.39 is 9.84 Å². The van der Waals surface area contributed by atoms with E-state index in [9.17, 15) is 8.42 Å². The van der Waals surface area contributed by atoms with E-state index in [0.717, 1.165) is 11.1 Å². The zero-order valence-electron chi connectivity index (χ0n) is 10.3. The average molecular weight is 278 g/mol. The van der Waals surface area contributed by atoms with Gasteiger partial charge in [-0.3, -0.25) is 0 Å². The summed E-state index contributed by atoms with van der Waals surface area (Å²) < 4.78 is 22.7. The molecule has 0 radical (unpaired) electrons. The van der Waals surface area contributed by atoms with E-state index in [1.54, 1.807) is 23.9 Å². The molecular formula is C14H14O2S2. The molecule has 0 heterocycles. The van der Waals surface area contributed by atoms with Crippen LogP contribution in [0.3, 0.4) is 0 Å². The van der Waals surface area contributed by atoms with Crippen LogP contribution in [0.5, 0.6) is 0 Å². The second kappa shape index (κ2) is 5.16. The Labute approximate surface area is 112 Å². The van der Waals surface area contributed by atoms with Gasteiger partial charge in [-0.15, -0.1) is 11.8 Å². The molecule has 0 aliphatic rings. The van der Waals surface area contributed by atoms with Crippen molar-refractivity contribution in [1.82, 2.24) is 0 Å². The monoisotopic (exact) mass is 278 g/mol. The Kier molecular flexibility index (Phi) is 3.78. The summed E-state index contributed by atoms with van der Waals surface area (Å²) in [6, 6.07) is 15.2. The summed E-state index contributed by atoms with van der Waals surface area (Å²) in [5.74, 6) is 0. The predicted octanol–water partition coefficient (Wildman–Crippen LogP) is 3.48. The van der Waals surface area contributed by atoms with Crippen molar-refractivity contribution in [2.45, 2.75) is 9.79 Å². The maximum Gasteiger partial charge on any atom is 0.175 e. The third-order valence-electron chi connectivity index (χ3n) is 2.71. The van der Waals surface area contributed by atoms with Crippen LogP contribution < -0.4 is 0 Å². The summed E-state index contributed by atoms with van der Waals surface area (Å²) in [6.45, 7) is 0. The zero-order valence-corrected chi connectivity index (χ0v) is 11.9. The van der Waals surface area contributed by atoms with Gasteiger partial charge in [-0.05, 0) is 41.6 Å². The highest BCUT2D eigenvalue weighted by Crippen LogP contribution is 2.24. The van der Waals surface area contributed by atoms with E-state index in [1.165, 1.54) is 11.2 Å². The Morgan fingerprint density at radius 1 is 0.833 bits per heavy atom. The Morgan fingerprint density at radius 2 is 1.28 bits per heavy atom. The molecule has 2 rings (SSSR count). The summed E-state index contributed by atoms with van der Waals surface area (Å²) in [4.78, 5) is 1.57. The van der Waals surface area contributed by atoms with Gasteiger partial charge in [0.1, 0.15) is 0 Å². The molecule has 2 aromatic rings. The van der Waals surface area contributed by atoms with Crippen LogP contribution in [0.25, 0.3) is 11.1 Å². The van der Waals surface area contributed by atoms with E-state index in [2.05, 4.69) is 12.1 Å². The van der Waals surface area contributed by atoms with E-state index >= 15 is 0 Å². The van der Waals surface area contributed by atoms with E-state index in [0.29, 0.717) is 4.90 Å². The van der Waals surface area contributed by atoms with Crippen molar-refractivity contribution < 1.29 is 8.42 Å². The van der Waals surface area contributed by atoms with Crippen molar-refractivity contribution >= 4 is 21.6 Å². The highest BCUT2D eigenvalue weighted by Gasteiger charge is 2.06. The average Bonchev–Trinajstić information content (AvgIpc) is 2.38. The number of hydrogen-bond donors (Lipinski definition) is 0. The maximum absolute atomic E-state index is 11.4.